The van der Waals surface area contributed by atoms with Crippen LogP contribution in [0, 0.1) is 5.92 Å². The number of carboxylic acid groups (broad SMARTS) is 1. The Bertz CT molecular complexity index is 590. The molecule has 0 amide bonds. The number of hydrogen-bond acceptors (Lipinski definition) is 5. The molecule has 0 unspecified atom stereocenters. The molecule has 7 heteroatoms. The molecule has 26 heavy (non-hydrogen) atoms. The highest BCUT2D eigenvalue weighted by Crippen LogP contribution is 2.28. The summed E-state index contributed by atoms with van der Waals surface area (Å²) in [4.78, 5) is 22.7. The van der Waals surface area contributed by atoms with Crippen molar-refractivity contribution in [3.05, 3.63) is 29.0 Å². The Hall–Kier alpha value is -1.21. The summed E-state index contributed by atoms with van der Waals surface area (Å²) < 4.78 is 0. The second-order valence-electron chi connectivity index (χ2n) is 7.61. The smallest absolute Gasteiger partial charge is 0.303 e. The lowest BCUT2D eigenvalue weighted by Gasteiger charge is -2.46. The maximum absolute atomic E-state index is 11.1. The van der Waals surface area contributed by atoms with Gasteiger partial charge in [0.15, 0.2) is 0 Å². The Morgan fingerprint density at radius 3 is 2.69 bits per heavy atom. The number of hydrogen-bond donors (Lipinski definition) is 1. The number of halogens is 1. The predicted octanol–water partition coefficient (Wildman–Crippen LogP) is 2.04. The maximum atomic E-state index is 11.1. The van der Waals surface area contributed by atoms with Crippen molar-refractivity contribution in [1.82, 2.24) is 19.7 Å². The van der Waals surface area contributed by atoms with Gasteiger partial charge in [-0.05, 0) is 44.0 Å². The number of piperazine rings is 1. The molecule has 3 rings (SSSR count). The van der Waals surface area contributed by atoms with Gasteiger partial charge in [-0.1, -0.05) is 17.7 Å². The van der Waals surface area contributed by atoms with E-state index in [2.05, 4.69) is 26.7 Å². The van der Waals surface area contributed by atoms with Gasteiger partial charge in [0.2, 0.25) is 0 Å². The van der Waals surface area contributed by atoms with Gasteiger partial charge in [0, 0.05) is 57.9 Å². The molecule has 2 atom stereocenters. The number of likely N-dealkylation sites (N-methyl/N-ethyl adjacent to an activating group) is 1. The number of carboxylic acids is 1. The molecule has 0 saturated carbocycles. The van der Waals surface area contributed by atoms with Gasteiger partial charge in [-0.2, -0.15) is 0 Å². The van der Waals surface area contributed by atoms with Gasteiger partial charge >= 0.3 is 5.97 Å². The van der Waals surface area contributed by atoms with Gasteiger partial charge in [-0.3, -0.25) is 14.6 Å². The lowest BCUT2D eigenvalue weighted by molar-refractivity contribution is -0.137. The Balaban J connectivity index is 1.62. The van der Waals surface area contributed by atoms with E-state index in [0.717, 1.165) is 64.2 Å². The molecule has 0 spiro atoms. The van der Waals surface area contributed by atoms with Crippen LogP contribution in [0.2, 0.25) is 5.15 Å². The molecular weight excluding hydrogens is 352 g/mol. The fraction of sp³-hybridized carbons (Fsp3) is 0.684. The van der Waals surface area contributed by atoms with Crippen molar-refractivity contribution in [3.8, 4) is 0 Å². The zero-order chi connectivity index (χ0) is 18.5. The molecule has 0 aliphatic carbocycles. The van der Waals surface area contributed by atoms with Crippen molar-refractivity contribution in [2.75, 3.05) is 46.3 Å². The molecule has 2 saturated heterocycles. The SMILES string of the molecule is CN1CCN([C@@H]2CCN(Cc3ccc(Cl)nc3)C[C@@H]2CCC(=O)O)CC1. The molecule has 144 valence electrons. The highest BCUT2D eigenvalue weighted by molar-refractivity contribution is 6.29. The molecular formula is C19H29ClN4O2. The van der Waals surface area contributed by atoms with Gasteiger partial charge in [-0.15, -0.1) is 0 Å². The van der Waals surface area contributed by atoms with E-state index in [1.165, 1.54) is 0 Å². The lowest BCUT2D eigenvalue weighted by atomic mass is 9.86. The summed E-state index contributed by atoms with van der Waals surface area (Å²) in [6.07, 6.45) is 3.95. The van der Waals surface area contributed by atoms with Crippen LogP contribution in [0.15, 0.2) is 18.3 Å². The Morgan fingerprint density at radius 1 is 1.27 bits per heavy atom. The van der Waals surface area contributed by atoms with Gasteiger partial charge in [-0.25, -0.2) is 4.98 Å². The van der Waals surface area contributed by atoms with E-state index in [4.69, 9.17) is 16.7 Å². The largest absolute Gasteiger partial charge is 0.481 e. The van der Waals surface area contributed by atoms with E-state index >= 15 is 0 Å². The van der Waals surface area contributed by atoms with Gasteiger partial charge in [0.05, 0.1) is 0 Å². The summed E-state index contributed by atoms with van der Waals surface area (Å²) in [5.74, 6) is -0.287. The third kappa shape index (κ3) is 5.39. The van der Waals surface area contributed by atoms with E-state index in [1.807, 2.05) is 18.3 Å². The van der Waals surface area contributed by atoms with Crippen LogP contribution in [-0.2, 0) is 11.3 Å². The van der Waals surface area contributed by atoms with E-state index in [-0.39, 0.29) is 6.42 Å². The second-order valence-corrected chi connectivity index (χ2v) is 8.00. The molecule has 1 aromatic rings. The number of likely N-dealkylation sites (tertiary alicyclic amines) is 1. The fourth-order valence-electron chi connectivity index (χ4n) is 4.22. The molecule has 6 nitrogen and oxygen atoms in total. The normalized spacial score (nSPS) is 26.1. The monoisotopic (exact) mass is 380 g/mol. The highest BCUT2D eigenvalue weighted by atomic mass is 35.5. The Morgan fingerprint density at radius 2 is 2.04 bits per heavy atom. The summed E-state index contributed by atoms with van der Waals surface area (Å²) in [6, 6.07) is 4.35. The average molecular weight is 381 g/mol. The summed E-state index contributed by atoms with van der Waals surface area (Å²) in [5.41, 5.74) is 1.16. The fourth-order valence-corrected chi connectivity index (χ4v) is 4.34. The number of pyridine rings is 1. The number of piperidine rings is 1. The minimum Gasteiger partial charge on any atom is -0.481 e. The molecule has 1 aromatic heterocycles. The summed E-state index contributed by atoms with van der Waals surface area (Å²) in [7, 11) is 2.17. The van der Waals surface area contributed by atoms with Crippen molar-refractivity contribution in [3.63, 3.8) is 0 Å². The second kappa shape index (κ2) is 9.13. The standard InChI is InChI=1S/C19H29ClN4O2/c1-22-8-10-24(11-9-22)17-6-7-23(14-16(17)3-5-19(25)26)13-15-2-4-18(20)21-12-15/h2,4,12,16-17H,3,5-11,13-14H2,1H3,(H,25,26)/t16-,17+/m0/s1. The molecule has 2 aliphatic rings. The first kappa shape index (κ1) is 19.5. The number of aromatic nitrogens is 1. The van der Waals surface area contributed by atoms with Crippen LogP contribution in [0.4, 0.5) is 0 Å². The van der Waals surface area contributed by atoms with Crippen LogP contribution >= 0.6 is 11.6 Å². The maximum Gasteiger partial charge on any atom is 0.303 e. The van der Waals surface area contributed by atoms with Crippen LogP contribution in [0.1, 0.15) is 24.8 Å². The van der Waals surface area contributed by atoms with Crippen molar-refractivity contribution in [2.24, 2.45) is 5.92 Å². The average Bonchev–Trinajstić information content (AvgIpc) is 2.63. The number of nitrogens with zero attached hydrogens (tertiary/aromatic N) is 4. The van der Waals surface area contributed by atoms with Crippen LogP contribution in [0.3, 0.4) is 0 Å². The first-order valence-electron chi connectivity index (χ1n) is 9.48. The third-order valence-electron chi connectivity index (χ3n) is 5.71. The van der Waals surface area contributed by atoms with Crippen molar-refractivity contribution in [2.45, 2.75) is 31.8 Å². The Kier molecular flexibility index (Phi) is 6.86. The molecule has 0 bridgehead atoms. The molecule has 3 heterocycles. The molecule has 2 aliphatic heterocycles. The molecule has 0 radical (unpaired) electrons. The number of aliphatic carboxylic acids is 1. The number of carbonyl (C=O) groups is 1. The van der Waals surface area contributed by atoms with Crippen LogP contribution in [-0.4, -0.2) is 83.1 Å². The minimum absolute atomic E-state index is 0.255. The Labute approximate surface area is 160 Å². The zero-order valence-corrected chi connectivity index (χ0v) is 16.2. The third-order valence-corrected chi connectivity index (χ3v) is 5.93. The zero-order valence-electron chi connectivity index (χ0n) is 15.5. The van der Waals surface area contributed by atoms with E-state index in [1.54, 1.807) is 0 Å². The van der Waals surface area contributed by atoms with Crippen molar-refractivity contribution < 1.29 is 9.90 Å². The first-order valence-corrected chi connectivity index (χ1v) is 9.86. The van der Waals surface area contributed by atoms with Crippen molar-refractivity contribution in [1.29, 1.82) is 0 Å². The van der Waals surface area contributed by atoms with E-state index < -0.39 is 5.97 Å². The molecule has 1 N–H and O–H groups in total. The van der Waals surface area contributed by atoms with Crippen LogP contribution < -0.4 is 0 Å². The topological polar surface area (TPSA) is 59.9 Å². The van der Waals surface area contributed by atoms with E-state index in [0.29, 0.717) is 17.1 Å². The van der Waals surface area contributed by atoms with Gasteiger partial charge in [0.25, 0.3) is 0 Å². The van der Waals surface area contributed by atoms with Crippen molar-refractivity contribution >= 4 is 17.6 Å². The summed E-state index contributed by atoms with van der Waals surface area (Å²) in [6.45, 7) is 7.22. The van der Waals surface area contributed by atoms with Crippen LogP contribution in [0.5, 0.6) is 0 Å². The summed E-state index contributed by atoms with van der Waals surface area (Å²) in [5, 5.41) is 9.66. The van der Waals surface area contributed by atoms with E-state index in [9.17, 15) is 4.79 Å². The lowest BCUT2D eigenvalue weighted by Crippen LogP contribution is -2.56. The minimum atomic E-state index is -0.693. The predicted molar refractivity (Wildman–Crippen MR) is 102 cm³/mol. The van der Waals surface area contributed by atoms with Crippen LogP contribution in [0.25, 0.3) is 0 Å². The molecule has 2 fully saturated rings. The molecule has 0 aromatic carbocycles. The number of rotatable bonds is 6. The van der Waals surface area contributed by atoms with Gasteiger partial charge in [0.1, 0.15) is 5.15 Å². The quantitative estimate of drug-likeness (QED) is 0.762. The summed E-state index contributed by atoms with van der Waals surface area (Å²) >= 11 is 5.87. The van der Waals surface area contributed by atoms with Gasteiger partial charge < -0.3 is 10.0 Å². The highest BCUT2D eigenvalue weighted by Gasteiger charge is 2.34. The first-order chi connectivity index (χ1) is 12.5.